The number of benzene rings is 2. The van der Waals surface area contributed by atoms with Crippen LogP contribution in [0.25, 0.3) is 12.2 Å². The number of phenols is 5. The van der Waals surface area contributed by atoms with Gasteiger partial charge in [-0.1, -0.05) is 12.2 Å². The van der Waals surface area contributed by atoms with Crippen molar-refractivity contribution in [3.63, 3.8) is 0 Å². The zero-order chi connectivity index (χ0) is 14.9. The average molecular weight is 339 g/mol. The lowest BCUT2D eigenvalue weighted by Crippen LogP contribution is -1.78. The molecule has 0 aliphatic rings. The third kappa shape index (κ3) is 2.80. The fourth-order valence-electron chi connectivity index (χ4n) is 1.62. The second-order valence-corrected chi connectivity index (χ2v) is 4.97. The smallest absolute Gasteiger partial charge is 0.200 e. The van der Waals surface area contributed by atoms with E-state index in [0.29, 0.717) is 15.6 Å². The van der Waals surface area contributed by atoms with E-state index in [4.69, 9.17) is 0 Å². The lowest BCUT2D eigenvalue weighted by atomic mass is 10.1. The molecule has 0 aliphatic carbocycles. The maximum Gasteiger partial charge on any atom is 0.200 e. The lowest BCUT2D eigenvalue weighted by molar-refractivity contribution is 0.368. The van der Waals surface area contributed by atoms with Gasteiger partial charge in [-0.05, 0) is 51.3 Å². The molecule has 2 aromatic rings. The predicted molar refractivity (Wildman–Crippen MR) is 77.8 cm³/mol. The Morgan fingerprint density at radius 3 is 1.50 bits per heavy atom. The van der Waals surface area contributed by atoms with Crippen LogP contribution in [-0.4, -0.2) is 25.5 Å². The summed E-state index contributed by atoms with van der Waals surface area (Å²) in [6, 6.07) is 5.50. The summed E-state index contributed by atoms with van der Waals surface area (Å²) in [6.45, 7) is 0. The Morgan fingerprint density at radius 1 is 0.650 bits per heavy atom. The van der Waals surface area contributed by atoms with Gasteiger partial charge in [0.1, 0.15) is 0 Å². The molecule has 0 unspecified atom stereocenters. The Bertz CT molecular complexity index is 588. The first-order chi connectivity index (χ1) is 9.38. The number of rotatable bonds is 2. The first kappa shape index (κ1) is 14.1. The molecule has 5 nitrogen and oxygen atoms in total. The highest BCUT2D eigenvalue weighted by atomic mass is 79.9. The van der Waals surface area contributed by atoms with Crippen molar-refractivity contribution < 1.29 is 25.5 Å². The first-order valence-electron chi connectivity index (χ1n) is 5.53. The topological polar surface area (TPSA) is 101 Å². The van der Waals surface area contributed by atoms with Crippen LogP contribution in [0.5, 0.6) is 28.7 Å². The van der Waals surface area contributed by atoms with E-state index in [1.807, 2.05) is 0 Å². The summed E-state index contributed by atoms with van der Waals surface area (Å²) >= 11 is 3.10. The molecule has 0 radical (unpaired) electrons. The average Bonchev–Trinajstić information content (AvgIpc) is 2.39. The van der Waals surface area contributed by atoms with Gasteiger partial charge in [-0.3, -0.25) is 0 Å². The number of hydrogen-bond acceptors (Lipinski definition) is 5. The first-order valence-corrected chi connectivity index (χ1v) is 6.32. The summed E-state index contributed by atoms with van der Waals surface area (Å²) in [6.07, 6.45) is 3.17. The molecule has 20 heavy (non-hydrogen) atoms. The molecule has 0 fully saturated rings. The van der Waals surface area contributed by atoms with Gasteiger partial charge in [0.05, 0.1) is 4.47 Å². The Balaban J connectivity index is 2.35. The molecule has 5 N–H and O–H groups in total. The molecule has 0 spiro atoms. The molecule has 104 valence electrons. The van der Waals surface area contributed by atoms with Crippen LogP contribution < -0.4 is 0 Å². The van der Waals surface area contributed by atoms with E-state index >= 15 is 0 Å². The Kier molecular flexibility index (Phi) is 3.76. The maximum atomic E-state index is 9.48. The van der Waals surface area contributed by atoms with Crippen molar-refractivity contribution in [3.05, 3.63) is 39.9 Å². The SMILES string of the molecule is Oc1cc(/C=C/c2cc(O)c(O)c(Br)c2)cc(O)c1O. The molecule has 6 heteroatoms. The molecule has 0 saturated carbocycles. The molecule has 0 atom stereocenters. The molecule has 2 rings (SSSR count). The van der Waals surface area contributed by atoms with Crippen molar-refractivity contribution in [1.29, 1.82) is 0 Å². The zero-order valence-corrected chi connectivity index (χ0v) is 11.7. The van der Waals surface area contributed by atoms with Crippen molar-refractivity contribution in [1.82, 2.24) is 0 Å². The fraction of sp³-hybridized carbons (Fsp3) is 0. The lowest BCUT2D eigenvalue weighted by Gasteiger charge is -2.04. The van der Waals surface area contributed by atoms with Gasteiger partial charge in [-0.25, -0.2) is 0 Å². The summed E-state index contributed by atoms with van der Waals surface area (Å²) in [5, 5.41) is 46.9. The Morgan fingerprint density at radius 2 is 1.05 bits per heavy atom. The maximum absolute atomic E-state index is 9.48. The van der Waals surface area contributed by atoms with Gasteiger partial charge in [-0.2, -0.15) is 0 Å². The standard InChI is InChI=1S/C14H11BrO5/c15-9-3-7(4-10(16)13(9)19)1-2-8-5-11(17)14(20)12(18)6-8/h1-6,16-20H/b2-1+. The normalized spacial score (nSPS) is 11.1. The summed E-state index contributed by atoms with van der Waals surface area (Å²) in [5.74, 6) is -1.96. The van der Waals surface area contributed by atoms with Crippen molar-refractivity contribution >= 4 is 28.1 Å². The number of halogens is 1. The molecular formula is C14H11BrO5. The second-order valence-electron chi connectivity index (χ2n) is 4.11. The van der Waals surface area contributed by atoms with Crippen LogP contribution in [0, 0.1) is 0 Å². The van der Waals surface area contributed by atoms with Crippen LogP contribution in [0.4, 0.5) is 0 Å². The quantitative estimate of drug-likeness (QED) is 0.427. The van der Waals surface area contributed by atoms with Crippen LogP contribution in [0.2, 0.25) is 0 Å². The van der Waals surface area contributed by atoms with Crippen LogP contribution in [-0.2, 0) is 0 Å². The van der Waals surface area contributed by atoms with E-state index in [2.05, 4.69) is 15.9 Å². The largest absolute Gasteiger partial charge is 0.504 e. The van der Waals surface area contributed by atoms with Crippen LogP contribution in [0.1, 0.15) is 11.1 Å². The van der Waals surface area contributed by atoms with Crippen molar-refractivity contribution in [2.75, 3.05) is 0 Å². The molecule has 0 amide bonds. The van der Waals surface area contributed by atoms with Crippen LogP contribution in [0.15, 0.2) is 28.7 Å². The van der Waals surface area contributed by atoms with Gasteiger partial charge in [0.2, 0.25) is 0 Å². The predicted octanol–water partition coefficient (Wildman–Crippen LogP) is 3.15. The molecule has 0 aromatic heterocycles. The van der Waals surface area contributed by atoms with E-state index in [1.165, 1.54) is 18.2 Å². The summed E-state index contributed by atoms with van der Waals surface area (Å²) in [4.78, 5) is 0. The van der Waals surface area contributed by atoms with Gasteiger partial charge in [0.15, 0.2) is 28.7 Å². The third-order valence-corrected chi connectivity index (χ3v) is 3.23. The highest BCUT2D eigenvalue weighted by Gasteiger charge is 2.07. The van der Waals surface area contributed by atoms with Crippen molar-refractivity contribution in [2.45, 2.75) is 0 Å². The Labute approximate surface area is 122 Å². The fourth-order valence-corrected chi connectivity index (χ4v) is 2.08. The minimum Gasteiger partial charge on any atom is -0.504 e. The van der Waals surface area contributed by atoms with Crippen LogP contribution >= 0.6 is 15.9 Å². The molecule has 0 saturated heterocycles. The number of phenolic OH excluding ortho intramolecular Hbond substituents is 5. The van der Waals surface area contributed by atoms with Crippen molar-refractivity contribution in [2.24, 2.45) is 0 Å². The summed E-state index contributed by atoms with van der Waals surface area (Å²) in [7, 11) is 0. The highest BCUT2D eigenvalue weighted by Crippen LogP contribution is 2.37. The van der Waals surface area contributed by atoms with Gasteiger partial charge < -0.3 is 25.5 Å². The van der Waals surface area contributed by atoms with E-state index in [0.717, 1.165) is 0 Å². The van der Waals surface area contributed by atoms with E-state index in [1.54, 1.807) is 18.2 Å². The number of aromatic hydroxyl groups is 5. The third-order valence-electron chi connectivity index (χ3n) is 2.63. The van der Waals surface area contributed by atoms with E-state index in [-0.39, 0.29) is 11.5 Å². The van der Waals surface area contributed by atoms with Gasteiger partial charge in [0.25, 0.3) is 0 Å². The minimum atomic E-state index is -0.577. The Hall–Kier alpha value is -2.34. The molecule has 0 bridgehead atoms. The molecule has 0 aliphatic heterocycles. The molecular weight excluding hydrogens is 328 g/mol. The van der Waals surface area contributed by atoms with Gasteiger partial charge >= 0.3 is 0 Å². The van der Waals surface area contributed by atoms with Crippen molar-refractivity contribution in [3.8, 4) is 28.7 Å². The monoisotopic (exact) mass is 338 g/mol. The number of hydrogen-bond donors (Lipinski definition) is 5. The minimum absolute atomic E-state index is 0.248. The van der Waals surface area contributed by atoms with Crippen LogP contribution in [0.3, 0.4) is 0 Å². The summed E-state index contributed by atoms with van der Waals surface area (Å²) < 4.78 is 0.341. The highest BCUT2D eigenvalue weighted by molar-refractivity contribution is 9.10. The van der Waals surface area contributed by atoms with Gasteiger partial charge in [-0.15, -0.1) is 0 Å². The zero-order valence-electron chi connectivity index (χ0n) is 10.1. The molecule has 0 heterocycles. The summed E-state index contributed by atoms with van der Waals surface area (Å²) in [5.41, 5.74) is 1.06. The van der Waals surface area contributed by atoms with E-state index < -0.39 is 17.2 Å². The molecule has 2 aromatic carbocycles. The second kappa shape index (κ2) is 5.34. The van der Waals surface area contributed by atoms with E-state index in [9.17, 15) is 25.5 Å². The van der Waals surface area contributed by atoms with Gasteiger partial charge in [0, 0.05) is 0 Å².